The minimum atomic E-state index is -0.169. The van der Waals surface area contributed by atoms with Crippen molar-refractivity contribution in [1.82, 2.24) is 14.8 Å². The van der Waals surface area contributed by atoms with Gasteiger partial charge in [0.15, 0.2) is 22.1 Å². The Morgan fingerprint density at radius 3 is 2.67 bits per heavy atom. The first-order valence-electron chi connectivity index (χ1n) is 5.66. The van der Waals surface area contributed by atoms with Crippen LogP contribution < -0.4 is 0 Å². The van der Waals surface area contributed by atoms with E-state index < -0.39 is 0 Å². The smallest absolute Gasteiger partial charge is 0.195 e. The van der Waals surface area contributed by atoms with Crippen molar-refractivity contribution in [2.75, 3.05) is 0 Å². The second-order valence-electron chi connectivity index (χ2n) is 4.56. The van der Waals surface area contributed by atoms with Gasteiger partial charge < -0.3 is 10.2 Å². The lowest BCUT2D eigenvalue weighted by Crippen LogP contribution is -2.06. The van der Waals surface area contributed by atoms with Crippen molar-refractivity contribution in [3.63, 3.8) is 0 Å². The molecule has 18 heavy (non-hydrogen) atoms. The van der Waals surface area contributed by atoms with Gasteiger partial charge >= 0.3 is 0 Å². The number of aromatic amines is 1. The number of hydrogen-bond donors (Lipinski definition) is 3. The van der Waals surface area contributed by atoms with Gasteiger partial charge in [0.2, 0.25) is 0 Å². The molecule has 0 spiro atoms. The maximum absolute atomic E-state index is 9.52. The highest BCUT2D eigenvalue weighted by Gasteiger charge is 2.11. The maximum atomic E-state index is 9.52. The lowest BCUT2D eigenvalue weighted by molar-refractivity contribution is 0.404. The predicted molar refractivity (Wildman–Crippen MR) is 71.0 cm³/mol. The Hall–Kier alpha value is -1.82. The van der Waals surface area contributed by atoms with Gasteiger partial charge in [0, 0.05) is 12.1 Å². The first-order valence-corrected chi connectivity index (χ1v) is 6.07. The number of aromatic nitrogens is 3. The number of rotatable bonds is 3. The molecule has 0 aliphatic heterocycles. The first-order chi connectivity index (χ1) is 8.49. The van der Waals surface area contributed by atoms with Crippen molar-refractivity contribution < 1.29 is 10.2 Å². The highest BCUT2D eigenvalue weighted by molar-refractivity contribution is 7.71. The average molecular weight is 265 g/mol. The van der Waals surface area contributed by atoms with Crippen LogP contribution in [0.25, 0.3) is 11.4 Å². The second kappa shape index (κ2) is 4.81. The van der Waals surface area contributed by atoms with Gasteiger partial charge in [0.25, 0.3) is 0 Å². The fourth-order valence-corrected chi connectivity index (χ4v) is 1.94. The van der Waals surface area contributed by atoms with Crippen molar-refractivity contribution in [2.45, 2.75) is 20.4 Å². The standard InChI is InChI=1S/C12H15N3O2S/c1-7(2)6-15-11(13-14-12(15)18)8-3-4-9(16)10(17)5-8/h3-5,7,16-17H,6H2,1-2H3,(H,14,18). The van der Waals surface area contributed by atoms with Crippen LogP contribution in [0.4, 0.5) is 0 Å². The molecular formula is C12H15N3O2S. The number of aromatic hydroxyl groups is 2. The monoisotopic (exact) mass is 265 g/mol. The third-order valence-corrected chi connectivity index (χ3v) is 2.85. The van der Waals surface area contributed by atoms with E-state index in [2.05, 4.69) is 24.0 Å². The van der Waals surface area contributed by atoms with Crippen molar-refractivity contribution in [1.29, 1.82) is 0 Å². The summed E-state index contributed by atoms with van der Waals surface area (Å²) in [5.41, 5.74) is 0.707. The van der Waals surface area contributed by atoms with Gasteiger partial charge in [-0.2, -0.15) is 5.10 Å². The molecule has 0 saturated heterocycles. The molecule has 0 aliphatic rings. The molecule has 96 valence electrons. The van der Waals surface area contributed by atoms with Crippen LogP contribution in [-0.2, 0) is 6.54 Å². The van der Waals surface area contributed by atoms with Crippen LogP contribution in [0.1, 0.15) is 13.8 Å². The molecule has 0 amide bonds. The van der Waals surface area contributed by atoms with E-state index in [0.29, 0.717) is 22.1 Å². The van der Waals surface area contributed by atoms with Crippen molar-refractivity contribution in [3.05, 3.63) is 23.0 Å². The molecule has 0 bridgehead atoms. The zero-order chi connectivity index (χ0) is 13.3. The molecule has 1 aromatic carbocycles. The van der Waals surface area contributed by atoms with Crippen LogP contribution in [-0.4, -0.2) is 25.0 Å². The normalized spacial score (nSPS) is 11.1. The summed E-state index contributed by atoms with van der Waals surface area (Å²) >= 11 is 5.18. The SMILES string of the molecule is CC(C)Cn1c(-c2ccc(O)c(O)c2)n[nH]c1=S. The Bertz CT molecular complexity index is 616. The van der Waals surface area contributed by atoms with Gasteiger partial charge in [-0.1, -0.05) is 13.8 Å². The largest absolute Gasteiger partial charge is 0.504 e. The van der Waals surface area contributed by atoms with Crippen molar-refractivity contribution in [2.24, 2.45) is 5.92 Å². The molecule has 1 aromatic heterocycles. The highest BCUT2D eigenvalue weighted by atomic mass is 32.1. The fourth-order valence-electron chi connectivity index (χ4n) is 1.74. The van der Waals surface area contributed by atoms with E-state index in [9.17, 15) is 10.2 Å². The number of benzene rings is 1. The van der Waals surface area contributed by atoms with E-state index in [1.807, 2.05) is 4.57 Å². The minimum Gasteiger partial charge on any atom is -0.504 e. The fraction of sp³-hybridized carbons (Fsp3) is 0.333. The molecule has 2 rings (SSSR count). The lowest BCUT2D eigenvalue weighted by Gasteiger charge is -2.09. The van der Waals surface area contributed by atoms with Gasteiger partial charge in [0.1, 0.15) is 0 Å². The van der Waals surface area contributed by atoms with Crippen LogP contribution in [0, 0.1) is 10.7 Å². The topological polar surface area (TPSA) is 74.1 Å². The van der Waals surface area contributed by atoms with Crippen molar-refractivity contribution >= 4 is 12.2 Å². The van der Waals surface area contributed by atoms with E-state index >= 15 is 0 Å². The summed E-state index contributed by atoms with van der Waals surface area (Å²) < 4.78 is 2.43. The molecule has 5 nitrogen and oxygen atoms in total. The molecule has 6 heteroatoms. The Labute approximate surface area is 110 Å². The summed E-state index contributed by atoms with van der Waals surface area (Å²) in [6.45, 7) is 4.92. The van der Waals surface area contributed by atoms with Crippen molar-refractivity contribution in [3.8, 4) is 22.9 Å². The van der Waals surface area contributed by atoms with Crippen LogP contribution >= 0.6 is 12.2 Å². The Morgan fingerprint density at radius 2 is 2.06 bits per heavy atom. The van der Waals surface area contributed by atoms with Gasteiger partial charge in [-0.05, 0) is 36.3 Å². The van der Waals surface area contributed by atoms with Crippen LogP contribution in [0.5, 0.6) is 11.5 Å². The minimum absolute atomic E-state index is 0.150. The number of nitrogens with zero attached hydrogens (tertiary/aromatic N) is 2. The predicted octanol–water partition coefficient (Wildman–Crippen LogP) is 2.67. The van der Waals surface area contributed by atoms with E-state index in [4.69, 9.17) is 12.2 Å². The summed E-state index contributed by atoms with van der Waals surface area (Å²) in [6.07, 6.45) is 0. The van der Waals surface area contributed by atoms with Gasteiger partial charge in [-0.3, -0.25) is 9.67 Å². The van der Waals surface area contributed by atoms with E-state index in [0.717, 1.165) is 6.54 Å². The number of phenols is 2. The highest BCUT2D eigenvalue weighted by Crippen LogP contribution is 2.29. The molecule has 2 aromatic rings. The number of H-pyrrole nitrogens is 1. The molecule has 0 unspecified atom stereocenters. The lowest BCUT2D eigenvalue weighted by atomic mass is 10.1. The average Bonchev–Trinajstić information content (AvgIpc) is 2.64. The summed E-state index contributed by atoms with van der Waals surface area (Å²) in [7, 11) is 0. The molecule has 0 fully saturated rings. The van der Waals surface area contributed by atoms with Crippen LogP contribution in [0.3, 0.4) is 0 Å². The third-order valence-electron chi connectivity index (χ3n) is 2.54. The van der Waals surface area contributed by atoms with E-state index in [-0.39, 0.29) is 11.5 Å². The third kappa shape index (κ3) is 2.38. The summed E-state index contributed by atoms with van der Waals surface area (Å²) in [5.74, 6) is 0.767. The molecular weight excluding hydrogens is 250 g/mol. The maximum Gasteiger partial charge on any atom is 0.195 e. The van der Waals surface area contributed by atoms with Gasteiger partial charge in [-0.15, -0.1) is 0 Å². The molecule has 0 atom stereocenters. The first kappa shape index (κ1) is 12.6. The molecule has 0 aliphatic carbocycles. The summed E-state index contributed by atoms with van der Waals surface area (Å²) in [4.78, 5) is 0. The molecule has 0 saturated carbocycles. The van der Waals surface area contributed by atoms with Gasteiger partial charge in [0.05, 0.1) is 0 Å². The second-order valence-corrected chi connectivity index (χ2v) is 4.95. The Kier molecular flexibility index (Phi) is 3.38. The summed E-state index contributed by atoms with van der Waals surface area (Å²) in [5, 5.41) is 25.7. The van der Waals surface area contributed by atoms with Gasteiger partial charge in [-0.25, -0.2) is 0 Å². The molecule has 1 heterocycles. The Morgan fingerprint density at radius 1 is 1.33 bits per heavy atom. The molecule has 0 radical (unpaired) electrons. The quantitative estimate of drug-likeness (QED) is 0.589. The van der Waals surface area contributed by atoms with E-state index in [1.165, 1.54) is 12.1 Å². The van der Waals surface area contributed by atoms with Crippen LogP contribution in [0.2, 0.25) is 0 Å². The zero-order valence-corrected chi connectivity index (χ0v) is 11.0. The zero-order valence-electron chi connectivity index (χ0n) is 10.2. The number of nitrogens with one attached hydrogen (secondary N) is 1. The summed E-state index contributed by atoms with van der Waals surface area (Å²) in [6, 6.07) is 4.59. The number of hydrogen-bond acceptors (Lipinski definition) is 4. The molecule has 3 N–H and O–H groups in total. The number of phenolic OH excluding ortho intramolecular Hbond substituents is 2. The van der Waals surface area contributed by atoms with E-state index in [1.54, 1.807) is 6.07 Å². The van der Waals surface area contributed by atoms with Crippen LogP contribution in [0.15, 0.2) is 18.2 Å². The Balaban J connectivity index is 2.50.